The molecule has 180 valence electrons. The number of rotatable bonds is 5. The van der Waals surface area contributed by atoms with Crippen molar-refractivity contribution in [1.82, 2.24) is 19.8 Å². The molecule has 0 bridgehead atoms. The van der Waals surface area contributed by atoms with Crippen LogP contribution >= 0.6 is 0 Å². The molecule has 0 atom stereocenters. The molecule has 0 spiro atoms. The van der Waals surface area contributed by atoms with Crippen molar-refractivity contribution in [3.63, 3.8) is 0 Å². The number of nitrogens with zero attached hydrogens (tertiary/aromatic N) is 5. The molecule has 1 aliphatic heterocycles. The maximum Gasteiger partial charge on any atom is 0.260 e. The second-order valence-corrected chi connectivity index (χ2v) is 9.75. The van der Waals surface area contributed by atoms with Crippen LogP contribution in [-0.2, 0) is 16.8 Å². The third-order valence-corrected chi connectivity index (χ3v) is 6.03. The van der Waals surface area contributed by atoms with Crippen molar-refractivity contribution in [3.8, 4) is 0 Å². The minimum absolute atomic E-state index is 0.0526. The molecule has 1 saturated heterocycles. The van der Waals surface area contributed by atoms with Gasteiger partial charge in [-0.05, 0) is 32.0 Å². The molecular formula is C25H32N6O3. The van der Waals surface area contributed by atoms with Gasteiger partial charge in [-0.25, -0.2) is 0 Å². The molecule has 34 heavy (non-hydrogen) atoms. The van der Waals surface area contributed by atoms with E-state index in [-0.39, 0.29) is 23.8 Å². The number of para-hydroxylation sites is 1. The fraction of sp³-hybridized carbons (Fsp3) is 0.440. The first-order chi connectivity index (χ1) is 16.1. The van der Waals surface area contributed by atoms with Crippen molar-refractivity contribution in [2.75, 3.05) is 36.4 Å². The maximum atomic E-state index is 13.0. The summed E-state index contributed by atoms with van der Waals surface area (Å²) in [5.41, 5.74) is 3.88. The van der Waals surface area contributed by atoms with E-state index in [1.165, 1.54) is 0 Å². The topological polar surface area (TPSA) is 96.5 Å². The molecular weight excluding hydrogens is 432 g/mol. The fourth-order valence-electron chi connectivity index (χ4n) is 4.07. The summed E-state index contributed by atoms with van der Waals surface area (Å²) < 4.78 is 7.07. The summed E-state index contributed by atoms with van der Waals surface area (Å²) in [6.45, 7) is 12.7. The Balaban J connectivity index is 1.40. The Bertz CT molecular complexity index is 1180. The first-order valence-electron chi connectivity index (χ1n) is 11.5. The number of amides is 2. The van der Waals surface area contributed by atoms with Gasteiger partial charge in [0.05, 0.1) is 17.0 Å². The Morgan fingerprint density at radius 1 is 1.06 bits per heavy atom. The zero-order valence-corrected chi connectivity index (χ0v) is 20.5. The van der Waals surface area contributed by atoms with Gasteiger partial charge in [-0.2, -0.15) is 5.10 Å². The van der Waals surface area contributed by atoms with Crippen LogP contribution in [0.5, 0.6) is 0 Å². The van der Waals surface area contributed by atoms with Crippen molar-refractivity contribution in [2.45, 2.75) is 46.6 Å². The van der Waals surface area contributed by atoms with E-state index in [4.69, 9.17) is 4.52 Å². The number of aryl methyl sites for hydroxylation is 2. The van der Waals surface area contributed by atoms with Crippen LogP contribution in [0.2, 0.25) is 0 Å². The van der Waals surface area contributed by atoms with Gasteiger partial charge in [-0.1, -0.05) is 38.1 Å². The Labute approximate surface area is 199 Å². The van der Waals surface area contributed by atoms with Gasteiger partial charge in [0.15, 0.2) is 0 Å². The summed E-state index contributed by atoms with van der Waals surface area (Å²) in [6, 6.07) is 11.2. The number of carbonyl (C=O) groups is 2. The molecule has 1 fully saturated rings. The summed E-state index contributed by atoms with van der Waals surface area (Å²) in [4.78, 5) is 29.8. The molecule has 0 radical (unpaired) electrons. The minimum Gasteiger partial charge on any atom is -0.367 e. The highest BCUT2D eigenvalue weighted by molar-refractivity contribution is 6.07. The average Bonchev–Trinajstić information content (AvgIpc) is 3.39. The Kier molecular flexibility index (Phi) is 6.45. The molecule has 1 N–H and O–H groups in total. The van der Waals surface area contributed by atoms with Crippen molar-refractivity contribution >= 4 is 23.4 Å². The number of hydrogen-bond donors (Lipinski definition) is 1. The number of benzene rings is 1. The van der Waals surface area contributed by atoms with Crippen LogP contribution in [-0.4, -0.2) is 57.8 Å². The molecule has 0 unspecified atom stereocenters. The van der Waals surface area contributed by atoms with E-state index in [1.807, 2.05) is 63.8 Å². The quantitative estimate of drug-likeness (QED) is 0.622. The third kappa shape index (κ3) is 5.13. The normalized spacial score (nSPS) is 14.4. The van der Waals surface area contributed by atoms with Crippen molar-refractivity contribution < 1.29 is 14.1 Å². The number of hydrogen-bond acceptors (Lipinski definition) is 6. The van der Waals surface area contributed by atoms with Crippen LogP contribution in [0.25, 0.3) is 0 Å². The van der Waals surface area contributed by atoms with Gasteiger partial charge in [0, 0.05) is 49.0 Å². The summed E-state index contributed by atoms with van der Waals surface area (Å²) in [7, 11) is 0. The van der Waals surface area contributed by atoms with Crippen LogP contribution < -0.4 is 10.2 Å². The zero-order valence-electron chi connectivity index (χ0n) is 20.5. The molecule has 2 aromatic heterocycles. The monoisotopic (exact) mass is 464 g/mol. The fourth-order valence-corrected chi connectivity index (χ4v) is 4.07. The summed E-state index contributed by atoms with van der Waals surface area (Å²) in [5.74, 6) is 0.122. The van der Waals surface area contributed by atoms with E-state index in [9.17, 15) is 9.59 Å². The Morgan fingerprint density at radius 3 is 2.38 bits per heavy atom. The van der Waals surface area contributed by atoms with Gasteiger partial charge in [-0.15, -0.1) is 0 Å². The number of nitrogens with one attached hydrogen (secondary N) is 1. The molecule has 0 saturated carbocycles. The Hall–Kier alpha value is -3.62. The van der Waals surface area contributed by atoms with Gasteiger partial charge < -0.3 is 14.3 Å². The Morgan fingerprint density at radius 2 is 1.76 bits per heavy atom. The molecule has 4 rings (SSSR count). The lowest BCUT2D eigenvalue weighted by molar-refractivity contribution is -0.132. The molecule has 0 aliphatic carbocycles. The predicted octanol–water partition coefficient (Wildman–Crippen LogP) is 3.39. The predicted molar refractivity (Wildman–Crippen MR) is 130 cm³/mol. The zero-order chi connectivity index (χ0) is 24.5. The van der Waals surface area contributed by atoms with Crippen LogP contribution in [0, 0.1) is 13.8 Å². The minimum atomic E-state index is -0.254. The standard InChI is InChI=1S/C25H32N6O3/c1-17-14-18(2)31(27-17)16-23(32)30-12-10-29(11-13-30)20-9-7-6-8-19(20)24(33)26-22-15-21(28-34-22)25(3,4)5/h6-9,14-15H,10-13,16H2,1-5H3,(H,26,33). The lowest BCUT2D eigenvalue weighted by Gasteiger charge is -2.36. The number of piperazine rings is 1. The van der Waals surface area contributed by atoms with Gasteiger partial charge in [0.1, 0.15) is 6.54 Å². The highest BCUT2D eigenvalue weighted by Crippen LogP contribution is 2.26. The maximum absolute atomic E-state index is 13.0. The first kappa shape index (κ1) is 23.5. The number of anilines is 2. The van der Waals surface area contributed by atoms with Crippen molar-refractivity contribution in [1.29, 1.82) is 0 Å². The molecule has 1 aliphatic rings. The number of carbonyl (C=O) groups excluding carboxylic acids is 2. The second kappa shape index (κ2) is 9.32. The lowest BCUT2D eigenvalue weighted by Crippen LogP contribution is -2.50. The molecule has 9 nitrogen and oxygen atoms in total. The summed E-state index contributed by atoms with van der Waals surface area (Å²) >= 11 is 0. The molecule has 3 aromatic rings. The highest BCUT2D eigenvalue weighted by Gasteiger charge is 2.25. The van der Waals surface area contributed by atoms with Gasteiger partial charge in [0.25, 0.3) is 5.91 Å². The summed E-state index contributed by atoms with van der Waals surface area (Å²) in [5, 5.41) is 11.3. The number of aromatic nitrogens is 3. The molecule has 1 aromatic carbocycles. The molecule has 3 heterocycles. The first-order valence-corrected chi connectivity index (χ1v) is 11.5. The van der Waals surface area contributed by atoms with Gasteiger partial charge >= 0.3 is 0 Å². The average molecular weight is 465 g/mol. The smallest absolute Gasteiger partial charge is 0.260 e. The van der Waals surface area contributed by atoms with E-state index in [0.29, 0.717) is 37.6 Å². The lowest BCUT2D eigenvalue weighted by atomic mass is 9.92. The molecule has 9 heteroatoms. The highest BCUT2D eigenvalue weighted by atomic mass is 16.5. The summed E-state index contributed by atoms with van der Waals surface area (Å²) in [6.07, 6.45) is 0. The van der Waals surface area contributed by atoms with Gasteiger partial charge in [0.2, 0.25) is 11.8 Å². The van der Waals surface area contributed by atoms with E-state index < -0.39 is 0 Å². The van der Waals surface area contributed by atoms with E-state index in [2.05, 4.69) is 20.5 Å². The van der Waals surface area contributed by atoms with Crippen molar-refractivity contribution in [3.05, 3.63) is 59.0 Å². The van der Waals surface area contributed by atoms with Crippen LogP contribution in [0.1, 0.15) is 48.2 Å². The molecule has 2 amide bonds. The second-order valence-electron chi connectivity index (χ2n) is 9.75. The van der Waals surface area contributed by atoms with Crippen LogP contribution in [0.3, 0.4) is 0 Å². The van der Waals surface area contributed by atoms with E-state index in [1.54, 1.807) is 16.8 Å². The largest absolute Gasteiger partial charge is 0.367 e. The van der Waals surface area contributed by atoms with Crippen molar-refractivity contribution in [2.24, 2.45) is 0 Å². The van der Waals surface area contributed by atoms with Crippen LogP contribution in [0.4, 0.5) is 11.6 Å². The van der Waals surface area contributed by atoms with Gasteiger partial charge in [-0.3, -0.25) is 19.6 Å². The van der Waals surface area contributed by atoms with E-state index >= 15 is 0 Å². The third-order valence-electron chi connectivity index (χ3n) is 6.03. The van der Waals surface area contributed by atoms with E-state index in [0.717, 1.165) is 22.8 Å². The van der Waals surface area contributed by atoms with Crippen LogP contribution in [0.15, 0.2) is 40.9 Å². The SMILES string of the molecule is Cc1cc(C)n(CC(=O)N2CCN(c3ccccc3C(=O)Nc3cc(C(C)(C)C)no3)CC2)n1.